The Hall–Kier alpha value is -5.68. The fraction of sp³-hybridized carbons (Fsp3) is 0.0625. The van der Waals surface area contributed by atoms with Crippen LogP contribution in [0.3, 0.4) is 0 Å². The largest absolute Gasteiger partial charge is 0.286 e. The van der Waals surface area contributed by atoms with Crippen LogP contribution < -0.4 is 14.6 Å². The van der Waals surface area contributed by atoms with Crippen molar-refractivity contribution >= 4 is 41.9 Å². The first-order chi connectivity index (χ1) is 21.0. The summed E-state index contributed by atoms with van der Waals surface area (Å²) in [6, 6.07) is 28.8. The second kappa shape index (κ2) is 11.0. The minimum Gasteiger partial charge on any atom is -0.248 e. The van der Waals surface area contributed by atoms with Crippen LogP contribution in [0.2, 0.25) is 0 Å². The molecule has 0 aliphatic rings. The monoisotopic (exact) mass is 584 g/mol. The average Bonchev–Trinajstić information content (AvgIpc) is 3.69. The van der Waals surface area contributed by atoms with Crippen molar-refractivity contribution in [1.29, 1.82) is 0 Å². The predicted molar refractivity (Wildman–Crippen MR) is 170 cm³/mol. The molecule has 43 heavy (non-hydrogen) atoms. The fourth-order valence-electron chi connectivity index (χ4n) is 5.14. The summed E-state index contributed by atoms with van der Waals surface area (Å²) < 4.78 is 10.4. The Labute approximate surface area is 252 Å². The lowest BCUT2D eigenvalue weighted by Gasteiger charge is -2.01. The number of imidazole rings is 2. The van der Waals surface area contributed by atoms with Gasteiger partial charge in [0.2, 0.25) is 4.77 Å². The number of aromatic nitrogens is 7. The summed E-state index contributed by atoms with van der Waals surface area (Å²) in [5.74, 6) is 0.380. The van der Waals surface area contributed by atoms with Crippen molar-refractivity contribution < 1.29 is 9.13 Å². The quantitative estimate of drug-likeness (QED) is 0.123. The molecule has 7 aromatic rings. The van der Waals surface area contributed by atoms with Gasteiger partial charge in [-0.05, 0) is 59.7 Å². The Bertz CT molecular complexity index is 2200. The summed E-state index contributed by atoms with van der Waals surface area (Å²) in [6.45, 7) is 0. The molecule has 0 atom stereocenters. The van der Waals surface area contributed by atoms with Crippen molar-refractivity contribution in [2.45, 2.75) is 0 Å². The number of benzene rings is 2. The number of aromatic amines is 1. The Morgan fingerprint density at radius 1 is 0.744 bits per heavy atom. The van der Waals surface area contributed by atoms with Gasteiger partial charge >= 0.3 is 0 Å². The summed E-state index contributed by atoms with van der Waals surface area (Å²) >= 11 is 5.39. The first-order valence-electron chi connectivity index (χ1n) is 13.7. The van der Waals surface area contributed by atoms with E-state index in [1.807, 2.05) is 60.9 Å². The molecule has 0 aliphatic carbocycles. The number of aryl methyl sites for hydroxylation is 2. The molecule has 0 saturated heterocycles. The number of nitrogens with one attached hydrogen (secondary N) is 2. The van der Waals surface area contributed by atoms with Crippen LogP contribution in [0.25, 0.3) is 33.8 Å². The van der Waals surface area contributed by atoms with Gasteiger partial charge in [0.1, 0.15) is 12.4 Å². The van der Waals surface area contributed by atoms with E-state index in [-0.39, 0.29) is 0 Å². The maximum Gasteiger partial charge on any atom is 0.286 e. The number of rotatable bonds is 7. The number of anilines is 1. The zero-order chi connectivity index (χ0) is 29.3. The number of H-pyrrole nitrogens is 1. The van der Waals surface area contributed by atoms with E-state index < -0.39 is 0 Å². The van der Waals surface area contributed by atoms with Crippen LogP contribution in [-0.2, 0) is 14.1 Å². The third-order valence-corrected chi connectivity index (χ3v) is 7.70. The van der Waals surface area contributed by atoms with E-state index in [1.165, 1.54) is 4.68 Å². The zero-order valence-electron chi connectivity index (χ0n) is 23.5. The molecule has 0 amide bonds. The van der Waals surface area contributed by atoms with E-state index in [0.717, 1.165) is 44.9 Å². The Kier molecular flexibility index (Phi) is 6.68. The number of pyridine rings is 2. The highest BCUT2D eigenvalue weighted by atomic mass is 32.1. The van der Waals surface area contributed by atoms with Crippen LogP contribution in [-0.4, -0.2) is 36.1 Å². The van der Waals surface area contributed by atoms with Crippen LogP contribution in [0.5, 0.6) is 0 Å². The molecule has 0 radical (unpaired) electrons. The van der Waals surface area contributed by atoms with E-state index in [2.05, 4.69) is 107 Å². The Balaban J connectivity index is 1.04. The lowest BCUT2D eigenvalue weighted by atomic mass is 10.1. The van der Waals surface area contributed by atoms with Gasteiger partial charge in [-0.15, -0.1) is 5.10 Å². The summed E-state index contributed by atoms with van der Waals surface area (Å²) in [4.78, 5) is 0. The smallest absolute Gasteiger partial charge is 0.248 e. The molecule has 0 bridgehead atoms. The van der Waals surface area contributed by atoms with E-state index >= 15 is 0 Å². The molecule has 5 heterocycles. The third kappa shape index (κ3) is 5.02. The number of hydrogen-bond donors (Lipinski definition) is 2. The van der Waals surface area contributed by atoms with Crippen LogP contribution in [0, 0.1) is 4.77 Å². The molecule has 2 N–H and O–H groups in total. The molecule has 0 unspecified atom stereocenters. The highest BCUT2D eigenvalue weighted by Crippen LogP contribution is 2.19. The van der Waals surface area contributed by atoms with Crippen LogP contribution >= 0.6 is 12.2 Å². The van der Waals surface area contributed by atoms with Crippen molar-refractivity contribution in [1.82, 2.24) is 23.7 Å². The standard InChI is InChI=1S/C32H27N10S/c1-38-27(21-40-17-5-3-7-29(38)40)25-13-9-23(10-14-25)19-33-35-31-36-37-32(43)42(31)34-20-24-11-15-26(16-12-24)28-22-41-18-6-4-8-30(41)39(28)2/h3-22H,1-2H3,(H-,35,36,37,43)/q+1/p+1/b33-19-,34-20-. The van der Waals surface area contributed by atoms with E-state index in [0.29, 0.717) is 10.7 Å². The first kappa shape index (κ1) is 26.2. The molecule has 10 nitrogen and oxygen atoms in total. The maximum atomic E-state index is 5.39. The molecule has 7 rings (SSSR count). The number of nitrogens with zero attached hydrogens (tertiary/aromatic N) is 8. The average molecular weight is 585 g/mol. The molecule has 11 heteroatoms. The van der Waals surface area contributed by atoms with Gasteiger partial charge in [0.05, 0.1) is 38.9 Å². The SMILES string of the molecule is C[n+]1c(-c2ccc(/C=N\Nc3n[nH]c(=S)n3/N=C\c3ccc(-c4cn5ccccc5[n+]4C)cc3)cc2)cn2ccccc21. The van der Waals surface area contributed by atoms with E-state index in [1.54, 1.807) is 12.4 Å². The predicted octanol–water partition coefficient (Wildman–Crippen LogP) is 4.76. The summed E-state index contributed by atoms with van der Waals surface area (Å²) in [5, 5.41) is 15.9. The molecule has 2 aromatic carbocycles. The van der Waals surface area contributed by atoms with E-state index in [9.17, 15) is 0 Å². The van der Waals surface area contributed by atoms with Crippen LogP contribution in [0.1, 0.15) is 11.1 Å². The Morgan fingerprint density at radius 2 is 1.28 bits per heavy atom. The minimum atomic E-state index is 0.357. The molecule has 0 spiro atoms. The van der Waals surface area contributed by atoms with Gasteiger partial charge in [-0.2, -0.15) is 14.9 Å². The second-order valence-corrected chi connectivity index (χ2v) is 10.5. The number of hydrogen-bond acceptors (Lipinski definition) is 5. The molecule has 210 valence electrons. The number of fused-ring (bicyclic) bond motifs is 2. The van der Waals surface area contributed by atoms with Crippen molar-refractivity contribution in [3.63, 3.8) is 0 Å². The summed E-state index contributed by atoms with van der Waals surface area (Å²) in [7, 11) is 4.14. The molecule has 0 saturated carbocycles. The van der Waals surface area contributed by atoms with Crippen molar-refractivity contribution in [2.75, 3.05) is 5.43 Å². The van der Waals surface area contributed by atoms with Crippen molar-refractivity contribution in [3.8, 4) is 22.5 Å². The molecule has 0 aliphatic heterocycles. The lowest BCUT2D eigenvalue weighted by Crippen LogP contribution is -2.29. The fourth-order valence-corrected chi connectivity index (χ4v) is 5.32. The van der Waals surface area contributed by atoms with Gasteiger partial charge < -0.3 is 0 Å². The van der Waals surface area contributed by atoms with Crippen LogP contribution in [0.4, 0.5) is 5.95 Å². The van der Waals surface area contributed by atoms with Gasteiger partial charge in [0, 0.05) is 23.3 Å². The normalized spacial score (nSPS) is 11.9. The summed E-state index contributed by atoms with van der Waals surface area (Å²) in [6.07, 6.45) is 11.8. The molecular weight excluding hydrogens is 556 g/mol. The number of hydrazone groups is 1. The maximum absolute atomic E-state index is 5.39. The highest BCUT2D eigenvalue weighted by Gasteiger charge is 2.16. The van der Waals surface area contributed by atoms with Gasteiger partial charge in [-0.25, -0.2) is 28.5 Å². The van der Waals surface area contributed by atoms with Gasteiger partial charge in [0.25, 0.3) is 17.2 Å². The Morgan fingerprint density at radius 3 is 1.81 bits per heavy atom. The van der Waals surface area contributed by atoms with Crippen molar-refractivity contribution in [2.24, 2.45) is 24.3 Å². The summed E-state index contributed by atoms with van der Waals surface area (Å²) in [5.41, 5.74) is 11.5. The van der Waals surface area contributed by atoms with E-state index in [4.69, 9.17) is 12.2 Å². The van der Waals surface area contributed by atoms with Crippen LogP contribution in [0.15, 0.2) is 120 Å². The highest BCUT2D eigenvalue weighted by molar-refractivity contribution is 7.71. The molecule has 5 aromatic heterocycles. The first-order valence-corrected chi connectivity index (χ1v) is 14.1. The van der Waals surface area contributed by atoms with Gasteiger partial charge in [-0.3, -0.25) is 0 Å². The topological polar surface area (TPSA) is 86.9 Å². The molecular formula is C32H28N10S+2. The van der Waals surface area contributed by atoms with Crippen molar-refractivity contribution in [3.05, 3.63) is 126 Å². The van der Waals surface area contributed by atoms with Gasteiger partial charge in [0.15, 0.2) is 11.4 Å². The zero-order valence-corrected chi connectivity index (χ0v) is 24.3. The molecule has 0 fully saturated rings. The third-order valence-electron chi connectivity index (χ3n) is 7.43. The minimum absolute atomic E-state index is 0.357. The second-order valence-electron chi connectivity index (χ2n) is 10.1. The lowest BCUT2D eigenvalue weighted by molar-refractivity contribution is -0.633. The van der Waals surface area contributed by atoms with Gasteiger partial charge in [-0.1, -0.05) is 36.4 Å².